The summed E-state index contributed by atoms with van der Waals surface area (Å²) in [6, 6.07) is 10.2. The van der Waals surface area contributed by atoms with Gasteiger partial charge in [-0.05, 0) is 12.5 Å². The average Bonchev–Trinajstić information content (AvgIpc) is 2.51. The van der Waals surface area contributed by atoms with Gasteiger partial charge >= 0.3 is 17.8 Å². The minimum absolute atomic E-state index is 0.733. The lowest BCUT2D eigenvalue weighted by atomic mass is 10.2. The zero-order chi connectivity index (χ0) is 19.8. The molecule has 0 heterocycles. The third kappa shape index (κ3) is 16.8. The second-order valence-electron chi connectivity index (χ2n) is 3.91. The summed E-state index contributed by atoms with van der Waals surface area (Å²) in [5.41, 5.74) is 1.24. The van der Waals surface area contributed by atoms with E-state index in [1.54, 1.807) is 0 Å². The lowest BCUT2D eigenvalue weighted by Crippen LogP contribution is -2.35. The minimum atomic E-state index is -2.34. The Balaban J connectivity index is 0. The summed E-state index contributed by atoms with van der Waals surface area (Å²) in [7, 11) is 0. The Morgan fingerprint density at radius 3 is 1.68 bits per heavy atom. The first kappa shape index (κ1) is 23.8. The van der Waals surface area contributed by atoms with E-state index in [9.17, 15) is 30.3 Å². The molecule has 0 fully saturated rings. The number of nitrogens with zero attached hydrogens (tertiary/aromatic N) is 4. The molecule has 0 amide bonds. The molecule has 1 aromatic carbocycles. The fourth-order valence-electron chi connectivity index (χ4n) is 1.14. The van der Waals surface area contributed by atoms with Gasteiger partial charge in [-0.15, -0.1) is 15.3 Å². The van der Waals surface area contributed by atoms with Crippen LogP contribution in [0, 0.1) is 40.5 Å². The molecule has 14 nitrogen and oxygen atoms in total. The van der Waals surface area contributed by atoms with E-state index in [2.05, 4.69) is 12.1 Å². The molecule has 0 unspecified atom stereocenters. The van der Waals surface area contributed by atoms with Crippen LogP contribution in [0.15, 0.2) is 30.3 Å². The standard InChI is InChI=1S/C9H12O.C2H3N3O6.NO3/c1-2-10-8-9-6-4-3-5-7-9;6-3(7)1-2(4(8)9)5(10)11;2-1(3)4/h3-7H,2,8H2,1H3;2H,1H2;. The van der Waals surface area contributed by atoms with Crippen molar-refractivity contribution in [3.05, 3.63) is 76.4 Å². The van der Waals surface area contributed by atoms with Crippen LogP contribution in [0.25, 0.3) is 0 Å². The van der Waals surface area contributed by atoms with E-state index in [1.165, 1.54) is 5.56 Å². The summed E-state index contributed by atoms with van der Waals surface area (Å²) in [4.78, 5) is 33.6. The van der Waals surface area contributed by atoms with Gasteiger partial charge in [-0.1, -0.05) is 30.3 Å². The Labute approximate surface area is 140 Å². The van der Waals surface area contributed by atoms with Gasteiger partial charge in [-0.3, -0.25) is 30.3 Å². The SMILES string of the molecule is CCOCc1ccccc1.O=[N+]([O-])CC([N+](=O)[O-])[N+](=O)[O-].[O][N+](=O)[O-]. The van der Waals surface area contributed by atoms with Crippen molar-refractivity contribution in [2.45, 2.75) is 19.7 Å². The smallest absolute Gasteiger partial charge is 0.377 e. The van der Waals surface area contributed by atoms with Gasteiger partial charge in [0.15, 0.2) is 0 Å². The number of hydrogen-bond donors (Lipinski definition) is 0. The number of ether oxygens (including phenoxy) is 1. The van der Waals surface area contributed by atoms with Crippen LogP contribution in [0.4, 0.5) is 0 Å². The number of nitro groups is 3. The molecule has 0 N–H and O–H groups in total. The van der Waals surface area contributed by atoms with E-state index in [0.29, 0.717) is 0 Å². The van der Waals surface area contributed by atoms with Gasteiger partial charge in [0, 0.05) is 11.5 Å². The van der Waals surface area contributed by atoms with Gasteiger partial charge in [0.2, 0.25) is 0 Å². The largest absolute Gasteiger partial charge is 0.512 e. The van der Waals surface area contributed by atoms with E-state index >= 15 is 0 Å². The summed E-state index contributed by atoms with van der Waals surface area (Å²) < 4.78 is 5.22. The molecule has 0 aliphatic heterocycles. The maximum Gasteiger partial charge on any atom is 0.512 e. The molecule has 14 heteroatoms. The molecule has 0 aromatic heterocycles. The van der Waals surface area contributed by atoms with Crippen molar-refractivity contribution < 1.29 is 29.8 Å². The van der Waals surface area contributed by atoms with Crippen molar-refractivity contribution in [1.82, 2.24) is 0 Å². The Morgan fingerprint density at radius 1 is 0.960 bits per heavy atom. The molecule has 1 radical (unpaired) electrons. The normalized spacial score (nSPS) is 9.04. The summed E-state index contributed by atoms with van der Waals surface area (Å²) in [6.45, 7) is 2.23. The molecule has 0 saturated heterocycles. The predicted molar refractivity (Wildman–Crippen MR) is 79.1 cm³/mol. The van der Waals surface area contributed by atoms with Gasteiger partial charge in [-0.25, -0.2) is 0 Å². The Hall–Kier alpha value is -3.42. The summed E-state index contributed by atoms with van der Waals surface area (Å²) in [5.74, 6) is 0. The molecule has 1 aromatic rings. The number of rotatable bonds is 7. The molecule has 25 heavy (non-hydrogen) atoms. The highest BCUT2D eigenvalue weighted by atomic mass is 16.9. The Bertz CT molecular complexity index is 535. The maximum absolute atomic E-state index is 9.74. The summed E-state index contributed by atoms with van der Waals surface area (Å²) in [5, 5.41) is 43.8. The first-order chi connectivity index (χ1) is 11.6. The fraction of sp³-hybridized carbons (Fsp3) is 0.455. The highest BCUT2D eigenvalue weighted by molar-refractivity contribution is 5.13. The molecule has 0 bridgehead atoms. The molecule has 0 aliphatic carbocycles. The topological polar surface area (TPSA) is 202 Å². The maximum atomic E-state index is 9.74. The Morgan fingerprint density at radius 2 is 1.40 bits per heavy atom. The average molecular weight is 363 g/mol. The van der Waals surface area contributed by atoms with Crippen LogP contribution in [-0.4, -0.2) is 39.2 Å². The highest BCUT2D eigenvalue weighted by Crippen LogP contribution is 1.99. The van der Waals surface area contributed by atoms with Gasteiger partial charge in [0.05, 0.1) is 6.61 Å². The van der Waals surface area contributed by atoms with Crippen LogP contribution < -0.4 is 0 Å². The molecule has 139 valence electrons. The van der Waals surface area contributed by atoms with E-state index in [0.717, 1.165) is 13.2 Å². The van der Waals surface area contributed by atoms with E-state index < -0.39 is 32.6 Å². The van der Waals surface area contributed by atoms with Crippen molar-refractivity contribution in [1.29, 1.82) is 0 Å². The summed E-state index contributed by atoms with van der Waals surface area (Å²) >= 11 is 0. The molecular formula is C11H15N4O10. The first-order valence-corrected chi connectivity index (χ1v) is 6.43. The number of hydrogen-bond acceptors (Lipinski definition) is 9. The van der Waals surface area contributed by atoms with Crippen LogP contribution >= 0.6 is 0 Å². The second kappa shape index (κ2) is 14.2. The van der Waals surface area contributed by atoms with Crippen molar-refractivity contribution in [3.8, 4) is 0 Å². The van der Waals surface area contributed by atoms with Crippen LogP contribution in [0.3, 0.4) is 0 Å². The summed E-state index contributed by atoms with van der Waals surface area (Å²) in [6.07, 6.45) is -2.34. The molecule has 0 spiro atoms. The van der Waals surface area contributed by atoms with E-state index in [1.807, 2.05) is 25.1 Å². The van der Waals surface area contributed by atoms with Crippen LogP contribution in [0.2, 0.25) is 0 Å². The zero-order valence-corrected chi connectivity index (χ0v) is 13.0. The van der Waals surface area contributed by atoms with Crippen LogP contribution in [-0.2, 0) is 16.6 Å². The number of benzene rings is 1. The molecule has 0 saturated carbocycles. The highest BCUT2D eigenvalue weighted by Gasteiger charge is 2.38. The molecule has 0 atom stereocenters. The van der Waals surface area contributed by atoms with Gasteiger partial charge in [0.1, 0.15) is 9.85 Å². The van der Waals surface area contributed by atoms with Gasteiger partial charge < -0.3 is 4.74 Å². The quantitative estimate of drug-likeness (QED) is 0.384. The molecule has 0 aliphatic rings. The van der Waals surface area contributed by atoms with Crippen molar-refractivity contribution in [2.75, 3.05) is 13.2 Å². The van der Waals surface area contributed by atoms with Gasteiger partial charge in [-0.2, -0.15) is 0 Å². The van der Waals surface area contributed by atoms with Crippen LogP contribution in [0.5, 0.6) is 0 Å². The molecular weight excluding hydrogens is 348 g/mol. The minimum Gasteiger partial charge on any atom is -0.377 e. The van der Waals surface area contributed by atoms with Crippen molar-refractivity contribution in [2.24, 2.45) is 0 Å². The molecule has 1 rings (SSSR count). The third-order valence-corrected chi connectivity index (χ3v) is 2.11. The van der Waals surface area contributed by atoms with Crippen LogP contribution in [0.1, 0.15) is 12.5 Å². The van der Waals surface area contributed by atoms with E-state index in [-0.39, 0.29) is 0 Å². The van der Waals surface area contributed by atoms with Crippen molar-refractivity contribution >= 4 is 0 Å². The van der Waals surface area contributed by atoms with E-state index in [4.69, 9.17) is 20.1 Å². The lowest BCUT2D eigenvalue weighted by molar-refractivity contribution is -0.782. The second-order valence-corrected chi connectivity index (χ2v) is 3.91. The monoisotopic (exact) mass is 363 g/mol. The predicted octanol–water partition coefficient (Wildman–Crippen LogP) is 0.974. The Kier molecular flexibility index (Phi) is 13.5. The van der Waals surface area contributed by atoms with Crippen molar-refractivity contribution in [3.63, 3.8) is 0 Å². The first-order valence-electron chi connectivity index (χ1n) is 6.43. The fourth-order valence-corrected chi connectivity index (χ4v) is 1.14. The zero-order valence-electron chi connectivity index (χ0n) is 13.0. The third-order valence-electron chi connectivity index (χ3n) is 2.11. The lowest BCUT2D eigenvalue weighted by Gasteiger charge is -1.98. The van der Waals surface area contributed by atoms with Gasteiger partial charge in [0.25, 0.3) is 0 Å².